The molecule has 0 bridgehead atoms. The van der Waals surface area contributed by atoms with E-state index in [0.29, 0.717) is 13.0 Å². The molecule has 2 rings (SSSR count). The van der Waals surface area contributed by atoms with Gasteiger partial charge in [-0.2, -0.15) is 0 Å². The van der Waals surface area contributed by atoms with E-state index in [1.54, 1.807) is 0 Å². The Morgan fingerprint density at radius 1 is 1.43 bits per heavy atom. The van der Waals surface area contributed by atoms with Crippen LogP contribution in [0.3, 0.4) is 0 Å². The summed E-state index contributed by atoms with van der Waals surface area (Å²) in [7, 11) is -3.39. The second-order valence-corrected chi connectivity index (χ2v) is 8.08. The van der Waals surface area contributed by atoms with Gasteiger partial charge in [0.25, 0.3) is 0 Å². The lowest BCUT2D eigenvalue weighted by Gasteiger charge is -2.36. The highest BCUT2D eigenvalue weighted by molar-refractivity contribution is 7.88. The first kappa shape index (κ1) is 17.9. The standard InChI is InChI=1S/C16H24N2O4S/c1-12-4-3-5-13(8-12)9-14-6-7-18(11-15(14)19)16(20)10-17-23(2,21)22/h3-5,8,14-15,17,19H,6-7,9-11H2,1-2H3/t14-,15-/m1/s1. The van der Waals surface area contributed by atoms with Crippen LogP contribution in [-0.2, 0) is 21.2 Å². The minimum atomic E-state index is -3.39. The van der Waals surface area contributed by atoms with E-state index in [1.807, 2.05) is 25.1 Å². The lowest BCUT2D eigenvalue weighted by atomic mass is 9.87. The summed E-state index contributed by atoms with van der Waals surface area (Å²) >= 11 is 0. The fourth-order valence-electron chi connectivity index (χ4n) is 2.89. The normalized spacial score (nSPS) is 22.1. The van der Waals surface area contributed by atoms with Crippen LogP contribution in [0.2, 0.25) is 0 Å². The molecule has 1 fully saturated rings. The number of β-amino-alcohol motifs (C(OH)–C–C–N with tert-alkyl or cyclic N) is 1. The van der Waals surface area contributed by atoms with Gasteiger partial charge in [0, 0.05) is 13.1 Å². The van der Waals surface area contributed by atoms with Crippen LogP contribution < -0.4 is 4.72 Å². The van der Waals surface area contributed by atoms with E-state index in [-0.39, 0.29) is 24.9 Å². The topological polar surface area (TPSA) is 86.7 Å². The number of nitrogens with one attached hydrogen (secondary N) is 1. The number of benzene rings is 1. The van der Waals surface area contributed by atoms with Crippen molar-refractivity contribution in [3.8, 4) is 0 Å². The third-order valence-corrected chi connectivity index (χ3v) is 4.81. The summed E-state index contributed by atoms with van der Waals surface area (Å²) in [6.45, 7) is 2.57. The summed E-state index contributed by atoms with van der Waals surface area (Å²) < 4.78 is 24.3. The number of aliphatic hydroxyl groups is 1. The van der Waals surface area contributed by atoms with Crippen LogP contribution in [0.25, 0.3) is 0 Å². The van der Waals surface area contributed by atoms with E-state index < -0.39 is 16.1 Å². The molecule has 7 heteroatoms. The number of piperidine rings is 1. The first-order chi connectivity index (χ1) is 10.7. The molecular formula is C16H24N2O4S. The number of aryl methyl sites for hydroxylation is 1. The maximum Gasteiger partial charge on any atom is 0.237 e. The minimum Gasteiger partial charge on any atom is -0.391 e. The molecule has 1 aliphatic heterocycles. The van der Waals surface area contributed by atoms with E-state index >= 15 is 0 Å². The van der Waals surface area contributed by atoms with Gasteiger partial charge in [-0.3, -0.25) is 4.79 Å². The third kappa shape index (κ3) is 5.60. The van der Waals surface area contributed by atoms with Gasteiger partial charge in [-0.1, -0.05) is 29.8 Å². The van der Waals surface area contributed by atoms with Gasteiger partial charge in [0.2, 0.25) is 15.9 Å². The van der Waals surface area contributed by atoms with Crippen molar-refractivity contribution in [2.24, 2.45) is 5.92 Å². The smallest absolute Gasteiger partial charge is 0.237 e. The molecular weight excluding hydrogens is 316 g/mol. The summed E-state index contributed by atoms with van der Waals surface area (Å²) in [4.78, 5) is 13.5. The second-order valence-electron chi connectivity index (χ2n) is 6.24. The molecule has 2 N–H and O–H groups in total. The fraction of sp³-hybridized carbons (Fsp3) is 0.562. The Kier molecular flexibility index (Phi) is 5.78. The van der Waals surface area contributed by atoms with Gasteiger partial charge < -0.3 is 10.0 Å². The molecule has 1 amide bonds. The number of carbonyl (C=O) groups excluding carboxylic acids is 1. The van der Waals surface area contributed by atoms with Gasteiger partial charge in [-0.15, -0.1) is 0 Å². The predicted octanol–water partition coefficient (Wildman–Crippen LogP) is 0.296. The van der Waals surface area contributed by atoms with Crippen LogP contribution in [0.15, 0.2) is 24.3 Å². The van der Waals surface area contributed by atoms with Crippen molar-refractivity contribution in [1.29, 1.82) is 0 Å². The van der Waals surface area contributed by atoms with Crippen molar-refractivity contribution in [3.63, 3.8) is 0 Å². The first-order valence-corrected chi connectivity index (χ1v) is 9.60. The Labute approximate surface area is 137 Å². The molecule has 1 heterocycles. The second kappa shape index (κ2) is 7.42. The molecule has 1 aliphatic rings. The van der Waals surface area contributed by atoms with Crippen LogP contribution in [0.1, 0.15) is 17.5 Å². The van der Waals surface area contributed by atoms with Gasteiger partial charge in [0.15, 0.2) is 0 Å². The van der Waals surface area contributed by atoms with Crippen LogP contribution in [-0.4, -0.2) is 56.3 Å². The molecule has 0 spiro atoms. The highest BCUT2D eigenvalue weighted by atomic mass is 32.2. The number of aliphatic hydroxyl groups excluding tert-OH is 1. The number of rotatable bonds is 5. The third-order valence-electron chi connectivity index (χ3n) is 4.14. The fourth-order valence-corrected chi connectivity index (χ4v) is 3.28. The number of hydrogen-bond donors (Lipinski definition) is 2. The Morgan fingerprint density at radius 3 is 2.78 bits per heavy atom. The molecule has 0 saturated carbocycles. The average Bonchev–Trinajstić information content (AvgIpc) is 2.46. The number of nitrogens with zero attached hydrogens (tertiary/aromatic N) is 1. The SMILES string of the molecule is Cc1cccc(C[C@H]2CCN(C(=O)CNS(C)(=O)=O)C[C@H]2O)c1. The minimum absolute atomic E-state index is 0.115. The van der Waals surface area contributed by atoms with Crippen molar-refractivity contribution >= 4 is 15.9 Å². The van der Waals surface area contributed by atoms with Gasteiger partial charge in [0.1, 0.15) is 0 Å². The average molecular weight is 340 g/mol. The molecule has 1 saturated heterocycles. The Balaban J connectivity index is 1.88. The molecule has 1 aromatic rings. The van der Waals surface area contributed by atoms with Crippen molar-refractivity contribution in [2.45, 2.75) is 25.9 Å². The summed E-state index contributed by atoms with van der Waals surface area (Å²) in [5.41, 5.74) is 2.38. The van der Waals surface area contributed by atoms with Crippen molar-refractivity contribution in [2.75, 3.05) is 25.9 Å². The van der Waals surface area contributed by atoms with Crippen LogP contribution >= 0.6 is 0 Å². The van der Waals surface area contributed by atoms with E-state index in [0.717, 1.165) is 12.7 Å². The monoisotopic (exact) mass is 340 g/mol. The highest BCUT2D eigenvalue weighted by Gasteiger charge is 2.30. The molecule has 0 unspecified atom stereocenters. The van der Waals surface area contributed by atoms with E-state index in [1.165, 1.54) is 16.0 Å². The number of hydrogen-bond acceptors (Lipinski definition) is 4. The molecule has 6 nitrogen and oxygen atoms in total. The molecule has 0 radical (unpaired) electrons. The Bertz CT molecular complexity index is 660. The number of amides is 1. The lowest BCUT2D eigenvalue weighted by Crippen LogP contribution is -2.49. The Hall–Kier alpha value is -1.44. The maximum atomic E-state index is 12.0. The number of carbonyl (C=O) groups is 1. The molecule has 0 aliphatic carbocycles. The van der Waals surface area contributed by atoms with Gasteiger partial charge >= 0.3 is 0 Å². The summed E-state index contributed by atoms with van der Waals surface area (Å²) in [6.07, 6.45) is 1.92. The quantitative estimate of drug-likeness (QED) is 0.807. The van der Waals surface area contributed by atoms with Crippen molar-refractivity contribution in [1.82, 2.24) is 9.62 Å². The summed E-state index contributed by atoms with van der Waals surface area (Å²) in [6, 6.07) is 8.20. The van der Waals surface area contributed by atoms with Crippen LogP contribution in [0.5, 0.6) is 0 Å². The van der Waals surface area contributed by atoms with Gasteiger partial charge in [-0.05, 0) is 31.2 Å². The van der Waals surface area contributed by atoms with Gasteiger partial charge in [-0.25, -0.2) is 13.1 Å². The van der Waals surface area contributed by atoms with Crippen molar-refractivity contribution < 1.29 is 18.3 Å². The summed E-state index contributed by atoms with van der Waals surface area (Å²) in [5.74, 6) is -0.188. The van der Waals surface area contributed by atoms with E-state index in [9.17, 15) is 18.3 Å². The number of likely N-dealkylation sites (tertiary alicyclic amines) is 1. The van der Waals surface area contributed by atoms with Crippen LogP contribution in [0.4, 0.5) is 0 Å². The first-order valence-electron chi connectivity index (χ1n) is 7.70. The maximum absolute atomic E-state index is 12.0. The zero-order chi connectivity index (χ0) is 17.0. The number of sulfonamides is 1. The van der Waals surface area contributed by atoms with Gasteiger partial charge in [0.05, 0.1) is 18.9 Å². The van der Waals surface area contributed by atoms with Crippen molar-refractivity contribution in [3.05, 3.63) is 35.4 Å². The largest absolute Gasteiger partial charge is 0.391 e. The molecule has 128 valence electrons. The Morgan fingerprint density at radius 2 is 2.17 bits per heavy atom. The predicted molar refractivity (Wildman–Crippen MR) is 88.4 cm³/mol. The molecule has 0 aromatic heterocycles. The van der Waals surface area contributed by atoms with E-state index in [2.05, 4.69) is 10.8 Å². The molecule has 2 atom stereocenters. The zero-order valence-electron chi connectivity index (χ0n) is 13.5. The highest BCUT2D eigenvalue weighted by Crippen LogP contribution is 2.22. The summed E-state index contributed by atoms with van der Waals surface area (Å²) in [5, 5.41) is 10.3. The molecule has 23 heavy (non-hydrogen) atoms. The lowest BCUT2D eigenvalue weighted by molar-refractivity contribution is -0.134. The zero-order valence-corrected chi connectivity index (χ0v) is 14.3. The molecule has 1 aromatic carbocycles. The van der Waals surface area contributed by atoms with E-state index in [4.69, 9.17) is 0 Å². The van der Waals surface area contributed by atoms with Crippen LogP contribution in [0, 0.1) is 12.8 Å².